The summed E-state index contributed by atoms with van der Waals surface area (Å²) in [6.45, 7) is 0.149. The number of halogens is 1. The molecule has 160 valence electrons. The zero-order chi connectivity index (χ0) is 22.5. The van der Waals surface area contributed by atoms with Gasteiger partial charge in [-0.25, -0.2) is 12.8 Å². The predicted octanol–water partition coefficient (Wildman–Crippen LogP) is 1.84. The van der Waals surface area contributed by atoms with Crippen LogP contribution in [0.2, 0.25) is 0 Å². The topological polar surface area (TPSA) is 136 Å². The van der Waals surface area contributed by atoms with Crippen LogP contribution in [0.4, 0.5) is 15.8 Å². The van der Waals surface area contributed by atoms with Crippen molar-refractivity contribution in [3.8, 4) is 0 Å². The zero-order valence-electron chi connectivity index (χ0n) is 16.0. The van der Waals surface area contributed by atoms with Crippen LogP contribution in [0.15, 0.2) is 47.4 Å². The maximum Gasteiger partial charge on any atom is 0.321 e. The van der Waals surface area contributed by atoms with E-state index in [1.807, 2.05) is 0 Å². The second kappa shape index (κ2) is 9.41. The van der Waals surface area contributed by atoms with Crippen molar-refractivity contribution in [3.63, 3.8) is 0 Å². The number of likely N-dealkylation sites (N-methyl/N-ethyl adjacent to an activating group) is 1. The van der Waals surface area contributed by atoms with Crippen LogP contribution >= 0.6 is 0 Å². The molecule has 30 heavy (non-hydrogen) atoms. The molecule has 10 nitrogen and oxygen atoms in total. The van der Waals surface area contributed by atoms with Crippen LogP contribution in [0.1, 0.15) is 5.56 Å². The summed E-state index contributed by atoms with van der Waals surface area (Å²) in [4.78, 5) is 33.9. The Balaban J connectivity index is 1.91. The lowest BCUT2D eigenvalue weighted by atomic mass is 10.2. The zero-order valence-corrected chi connectivity index (χ0v) is 16.8. The predicted molar refractivity (Wildman–Crippen MR) is 104 cm³/mol. The van der Waals surface area contributed by atoms with Crippen LogP contribution in [0.25, 0.3) is 0 Å². The number of nitro groups is 1. The second-order valence-electron chi connectivity index (χ2n) is 6.18. The fraction of sp³-hybridized carbons (Fsp3) is 0.222. The fourth-order valence-electron chi connectivity index (χ4n) is 2.33. The molecule has 2 rings (SSSR count). The molecule has 0 aliphatic carbocycles. The van der Waals surface area contributed by atoms with Crippen molar-refractivity contribution >= 4 is 33.3 Å². The van der Waals surface area contributed by atoms with Gasteiger partial charge in [0.2, 0.25) is 10.0 Å². The van der Waals surface area contributed by atoms with Gasteiger partial charge in [0.25, 0.3) is 11.6 Å². The molecule has 0 spiro atoms. The number of benzene rings is 2. The van der Waals surface area contributed by atoms with Crippen LogP contribution < -0.4 is 5.32 Å². The molecule has 0 saturated carbocycles. The van der Waals surface area contributed by atoms with Gasteiger partial charge in [-0.15, -0.1) is 0 Å². The van der Waals surface area contributed by atoms with Crippen LogP contribution in [0.5, 0.6) is 0 Å². The average molecular weight is 439 g/mol. The number of nitrogens with zero attached hydrogens (tertiary/aromatic N) is 2. The number of ether oxygens (including phenoxy) is 1. The van der Waals surface area contributed by atoms with Gasteiger partial charge in [-0.2, -0.15) is 4.31 Å². The number of aryl methyl sites for hydroxylation is 1. The Morgan fingerprint density at radius 2 is 1.83 bits per heavy atom. The third-order valence-electron chi connectivity index (χ3n) is 3.93. The first kappa shape index (κ1) is 22.9. The molecule has 0 unspecified atom stereocenters. The van der Waals surface area contributed by atoms with E-state index >= 15 is 0 Å². The number of hydrogen-bond acceptors (Lipinski definition) is 7. The quantitative estimate of drug-likeness (QED) is 0.376. The normalized spacial score (nSPS) is 11.2. The molecular formula is C18H18FN3O7S. The maximum absolute atomic E-state index is 12.9. The van der Waals surface area contributed by atoms with Gasteiger partial charge in [0.15, 0.2) is 6.61 Å². The van der Waals surface area contributed by atoms with E-state index in [4.69, 9.17) is 4.74 Å². The van der Waals surface area contributed by atoms with Gasteiger partial charge in [0, 0.05) is 24.4 Å². The van der Waals surface area contributed by atoms with Crippen molar-refractivity contribution in [3.05, 3.63) is 64.0 Å². The lowest BCUT2D eigenvalue weighted by Gasteiger charge is -2.16. The van der Waals surface area contributed by atoms with Gasteiger partial charge in [-0.3, -0.25) is 19.7 Å². The Bertz CT molecular complexity index is 1070. The molecule has 0 atom stereocenters. The van der Waals surface area contributed by atoms with E-state index in [-0.39, 0.29) is 16.3 Å². The van der Waals surface area contributed by atoms with E-state index < -0.39 is 45.8 Å². The Kier molecular flexibility index (Phi) is 7.19. The van der Waals surface area contributed by atoms with E-state index in [2.05, 4.69) is 5.32 Å². The SMILES string of the molecule is Cc1ccc(NC(=O)COC(=O)CN(C)S(=O)(=O)c2ccc(F)cc2)cc1[N+](=O)[O-]. The fourth-order valence-corrected chi connectivity index (χ4v) is 3.44. The van der Waals surface area contributed by atoms with Crippen molar-refractivity contribution in [1.82, 2.24) is 4.31 Å². The van der Waals surface area contributed by atoms with E-state index in [9.17, 15) is 32.5 Å². The summed E-state index contributed by atoms with van der Waals surface area (Å²) in [6.07, 6.45) is 0. The first-order valence-electron chi connectivity index (χ1n) is 8.43. The molecule has 0 bridgehead atoms. The minimum absolute atomic E-state index is 0.143. The van der Waals surface area contributed by atoms with Gasteiger partial charge >= 0.3 is 5.97 Å². The van der Waals surface area contributed by atoms with Gasteiger partial charge in [0.05, 0.1) is 9.82 Å². The Morgan fingerprint density at radius 1 is 1.20 bits per heavy atom. The summed E-state index contributed by atoms with van der Waals surface area (Å²) < 4.78 is 43.1. The van der Waals surface area contributed by atoms with Crippen molar-refractivity contribution in [2.24, 2.45) is 0 Å². The Morgan fingerprint density at radius 3 is 2.43 bits per heavy atom. The summed E-state index contributed by atoms with van der Waals surface area (Å²) in [6, 6.07) is 8.12. The summed E-state index contributed by atoms with van der Waals surface area (Å²) >= 11 is 0. The van der Waals surface area contributed by atoms with E-state index in [1.165, 1.54) is 12.1 Å². The summed E-state index contributed by atoms with van der Waals surface area (Å²) in [5.74, 6) is -2.36. The number of carbonyl (C=O) groups is 2. The number of carbonyl (C=O) groups excluding carboxylic acids is 2. The minimum Gasteiger partial charge on any atom is -0.455 e. The Labute approximate surface area is 171 Å². The van der Waals surface area contributed by atoms with Crippen LogP contribution in [-0.2, 0) is 24.3 Å². The molecule has 1 N–H and O–H groups in total. The number of anilines is 1. The lowest BCUT2D eigenvalue weighted by molar-refractivity contribution is -0.385. The first-order chi connectivity index (χ1) is 14.0. The minimum atomic E-state index is -4.05. The second-order valence-corrected chi connectivity index (χ2v) is 8.23. The van der Waals surface area contributed by atoms with Crippen molar-refractivity contribution in [1.29, 1.82) is 0 Å². The van der Waals surface area contributed by atoms with E-state index in [1.54, 1.807) is 6.92 Å². The highest BCUT2D eigenvalue weighted by Crippen LogP contribution is 2.22. The number of amides is 1. The number of hydrogen-bond donors (Lipinski definition) is 1. The van der Waals surface area contributed by atoms with Gasteiger partial charge in [-0.1, -0.05) is 6.07 Å². The summed E-state index contributed by atoms with van der Waals surface area (Å²) in [5, 5.41) is 13.3. The molecule has 2 aromatic carbocycles. The number of sulfonamides is 1. The molecule has 0 fully saturated rings. The van der Waals surface area contributed by atoms with Gasteiger partial charge in [0.1, 0.15) is 12.4 Å². The average Bonchev–Trinajstić information content (AvgIpc) is 2.68. The van der Waals surface area contributed by atoms with Crippen molar-refractivity contribution in [2.75, 3.05) is 25.5 Å². The third kappa shape index (κ3) is 5.81. The summed E-state index contributed by atoms with van der Waals surface area (Å²) in [5.41, 5.74) is 0.372. The highest BCUT2D eigenvalue weighted by molar-refractivity contribution is 7.89. The van der Waals surface area contributed by atoms with Crippen molar-refractivity contribution < 1.29 is 32.1 Å². The highest BCUT2D eigenvalue weighted by atomic mass is 32.2. The summed E-state index contributed by atoms with van der Waals surface area (Å²) in [7, 11) is -2.92. The Hall–Kier alpha value is -3.38. The third-order valence-corrected chi connectivity index (χ3v) is 5.75. The molecule has 0 aromatic heterocycles. The number of nitrogens with one attached hydrogen (secondary N) is 1. The van der Waals surface area contributed by atoms with Crippen LogP contribution in [0.3, 0.4) is 0 Å². The van der Waals surface area contributed by atoms with Crippen LogP contribution in [0, 0.1) is 22.9 Å². The van der Waals surface area contributed by atoms with E-state index in [0.717, 1.165) is 37.4 Å². The van der Waals surface area contributed by atoms with Gasteiger partial charge < -0.3 is 10.1 Å². The smallest absolute Gasteiger partial charge is 0.321 e. The molecule has 0 heterocycles. The maximum atomic E-state index is 12.9. The molecule has 0 radical (unpaired) electrons. The van der Waals surface area contributed by atoms with Gasteiger partial charge in [-0.05, 0) is 37.3 Å². The van der Waals surface area contributed by atoms with E-state index in [0.29, 0.717) is 9.87 Å². The standard InChI is InChI=1S/C18H18FN3O7S/c1-12-3-6-14(9-16(12)22(25)26)20-17(23)11-29-18(24)10-21(2)30(27,28)15-7-4-13(19)5-8-15/h3-9H,10-11H2,1-2H3,(H,20,23). The first-order valence-corrected chi connectivity index (χ1v) is 9.87. The number of nitro benzene ring substituents is 1. The molecular weight excluding hydrogens is 421 g/mol. The van der Waals surface area contributed by atoms with Crippen LogP contribution in [-0.4, -0.2) is 49.7 Å². The largest absolute Gasteiger partial charge is 0.455 e. The molecule has 0 aliphatic heterocycles. The monoisotopic (exact) mass is 439 g/mol. The lowest BCUT2D eigenvalue weighted by Crippen LogP contribution is -2.34. The highest BCUT2D eigenvalue weighted by Gasteiger charge is 2.24. The van der Waals surface area contributed by atoms with Crippen molar-refractivity contribution in [2.45, 2.75) is 11.8 Å². The molecule has 12 heteroatoms. The molecule has 2 aromatic rings. The number of rotatable bonds is 8. The number of esters is 1. The molecule has 0 saturated heterocycles. The molecule has 0 aliphatic rings. The molecule has 1 amide bonds.